The summed E-state index contributed by atoms with van der Waals surface area (Å²) >= 11 is 0. The first-order chi connectivity index (χ1) is 15.3. The van der Waals surface area contributed by atoms with Crippen LogP contribution in [0, 0.1) is 0 Å². The number of aryl methyl sites for hydroxylation is 1. The fraction of sp³-hybridized carbons (Fsp3) is 0.478. The molecule has 172 valence electrons. The number of carbonyl (C=O) groups is 3. The largest absolute Gasteiger partial charge is 0.497 e. The Hall–Kier alpha value is -3.36. The predicted octanol–water partition coefficient (Wildman–Crippen LogP) is 2.53. The van der Waals surface area contributed by atoms with Crippen molar-refractivity contribution in [1.29, 1.82) is 0 Å². The number of amides is 4. The summed E-state index contributed by atoms with van der Waals surface area (Å²) in [7, 11) is 3.43. The van der Waals surface area contributed by atoms with Gasteiger partial charge in [-0.05, 0) is 30.5 Å². The minimum absolute atomic E-state index is 0.334. The molecule has 1 aromatic heterocycles. The highest BCUT2D eigenvalue weighted by atomic mass is 16.5. The lowest BCUT2D eigenvalue weighted by molar-refractivity contribution is -0.135. The number of nitrogens with zero attached hydrogens (tertiary/aromatic N) is 3. The van der Waals surface area contributed by atoms with Crippen molar-refractivity contribution in [2.75, 3.05) is 13.7 Å². The second-order valence-electron chi connectivity index (χ2n) is 8.07. The highest BCUT2D eigenvalue weighted by Crippen LogP contribution is 2.28. The Morgan fingerprint density at radius 1 is 1.19 bits per heavy atom. The van der Waals surface area contributed by atoms with E-state index in [0.29, 0.717) is 24.4 Å². The van der Waals surface area contributed by atoms with Gasteiger partial charge in [-0.1, -0.05) is 38.8 Å². The molecule has 1 unspecified atom stereocenters. The maximum atomic E-state index is 13.1. The molecule has 2 aromatic rings. The van der Waals surface area contributed by atoms with E-state index in [1.54, 1.807) is 31.6 Å². The van der Waals surface area contributed by atoms with Gasteiger partial charge in [0.25, 0.3) is 5.91 Å². The van der Waals surface area contributed by atoms with Gasteiger partial charge in [-0.25, -0.2) is 9.78 Å². The maximum absolute atomic E-state index is 13.1. The Morgan fingerprint density at radius 2 is 1.84 bits per heavy atom. The fourth-order valence-electron chi connectivity index (χ4n) is 4.24. The molecule has 0 spiro atoms. The number of aromatic nitrogens is 2. The molecule has 0 saturated carbocycles. The number of ether oxygens (including phenoxy) is 1. The maximum Gasteiger partial charge on any atom is 0.325 e. The van der Waals surface area contributed by atoms with Crippen molar-refractivity contribution < 1.29 is 19.1 Å². The van der Waals surface area contributed by atoms with Crippen LogP contribution in [0.25, 0.3) is 0 Å². The lowest BCUT2D eigenvalue weighted by Crippen LogP contribution is -2.47. The molecular weight excluding hydrogens is 410 g/mol. The minimum Gasteiger partial charge on any atom is -0.497 e. The van der Waals surface area contributed by atoms with Crippen LogP contribution in [-0.2, 0) is 16.6 Å². The molecule has 3 rings (SSSR count). The zero-order valence-corrected chi connectivity index (χ0v) is 19.1. The van der Waals surface area contributed by atoms with E-state index in [-0.39, 0.29) is 12.5 Å². The van der Waals surface area contributed by atoms with E-state index in [4.69, 9.17) is 4.74 Å². The molecule has 0 bridgehead atoms. The quantitative estimate of drug-likeness (QED) is 0.551. The number of methoxy groups -OCH3 is 1. The normalized spacial score (nSPS) is 16.1. The molecule has 1 aliphatic rings. The van der Waals surface area contributed by atoms with Gasteiger partial charge in [-0.2, -0.15) is 0 Å². The summed E-state index contributed by atoms with van der Waals surface area (Å²) in [4.78, 5) is 44.1. The second kappa shape index (κ2) is 9.84. The highest BCUT2D eigenvalue weighted by Gasteiger charge is 2.50. The zero-order chi connectivity index (χ0) is 23.3. The van der Waals surface area contributed by atoms with Gasteiger partial charge in [0.15, 0.2) is 0 Å². The van der Waals surface area contributed by atoms with Crippen LogP contribution in [0.3, 0.4) is 0 Å². The van der Waals surface area contributed by atoms with Crippen molar-refractivity contribution in [2.24, 2.45) is 7.05 Å². The topological polar surface area (TPSA) is 106 Å². The number of benzene rings is 1. The summed E-state index contributed by atoms with van der Waals surface area (Å²) in [6.07, 6.45) is 6.05. The Labute approximate surface area is 188 Å². The third kappa shape index (κ3) is 4.61. The van der Waals surface area contributed by atoms with Crippen LogP contribution >= 0.6 is 0 Å². The van der Waals surface area contributed by atoms with Gasteiger partial charge in [0.2, 0.25) is 5.91 Å². The smallest absolute Gasteiger partial charge is 0.325 e. The third-order valence-corrected chi connectivity index (χ3v) is 5.77. The molecule has 2 heterocycles. The van der Waals surface area contributed by atoms with Gasteiger partial charge < -0.3 is 19.9 Å². The number of rotatable bonds is 10. The molecule has 1 atom stereocenters. The minimum atomic E-state index is -0.921. The Balaban J connectivity index is 1.80. The third-order valence-electron chi connectivity index (χ3n) is 5.77. The zero-order valence-electron chi connectivity index (χ0n) is 19.1. The first kappa shape index (κ1) is 23.3. The summed E-state index contributed by atoms with van der Waals surface area (Å²) in [6, 6.07) is 6.23. The van der Waals surface area contributed by atoms with Gasteiger partial charge in [-0.3, -0.25) is 14.5 Å². The van der Waals surface area contributed by atoms with Crippen LogP contribution in [0.5, 0.6) is 5.75 Å². The van der Waals surface area contributed by atoms with Crippen LogP contribution in [0.1, 0.15) is 57.0 Å². The van der Waals surface area contributed by atoms with Gasteiger partial charge >= 0.3 is 6.03 Å². The van der Waals surface area contributed by atoms with E-state index in [1.807, 2.05) is 37.6 Å². The van der Waals surface area contributed by atoms with Crippen molar-refractivity contribution >= 4 is 17.8 Å². The average Bonchev–Trinajstić information content (AvgIpc) is 3.29. The molecule has 1 aromatic carbocycles. The van der Waals surface area contributed by atoms with Crippen molar-refractivity contribution in [3.63, 3.8) is 0 Å². The van der Waals surface area contributed by atoms with E-state index in [2.05, 4.69) is 15.6 Å². The average molecular weight is 442 g/mol. The molecule has 32 heavy (non-hydrogen) atoms. The molecule has 9 nitrogen and oxygen atoms in total. The summed E-state index contributed by atoms with van der Waals surface area (Å²) < 4.78 is 7.04. The molecule has 1 saturated heterocycles. The van der Waals surface area contributed by atoms with E-state index in [0.717, 1.165) is 23.3 Å². The molecule has 1 fully saturated rings. The number of hydrogen-bond acceptors (Lipinski definition) is 5. The Bertz CT molecular complexity index is 963. The van der Waals surface area contributed by atoms with Crippen LogP contribution in [0.4, 0.5) is 4.79 Å². The predicted molar refractivity (Wildman–Crippen MR) is 119 cm³/mol. The molecule has 9 heteroatoms. The molecule has 2 N–H and O–H groups in total. The van der Waals surface area contributed by atoms with E-state index in [1.165, 1.54) is 0 Å². The number of urea groups is 1. The van der Waals surface area contributed by atoms with Crippen LogP contribution in [0.15, 0.2) is 36.7 Å². The highest BCUT2D eigenvalue weighted by molar-refractivity contribution is 6.09. The van der Waals surface area contributed by atoms with Crippen molar-refractivity contribution in [1.82, 2.24) is 25.1 Å². The molecule has 0 aliphatic carbocycles. The lowest BCUT2D eigenvalue weighted by Gasteiger charge is -2.26. The first-order valence-electron chi connectivity index (χ1n) is 10.9. The monoisotopic (exact) mass is 441 g/mol. The van der Waals surface area contributed by atoms with Crippen LogP contribution in [-0.4, -0.2) is 51.5 Å². The summed E-state index contributed by atoms with van der Waals surface area (Å²) in [5.74, 6) is 0.550. The standard InChI is InChI=1S/C23H31N5O4/c1-5-11-23(12-6-2)21(30)28(22(31)26-23)15-18(29)25-19(20-24-13-14-27(20)3)16-7-9-17(32-4)10-8-16/h7-10,13-14,19H,5-6,11-12,15H2,1-4H3,(H,25,29)(H,26,31). The molecule has 0 radical (unpaired) electrons. The molecule has 1 aliphatic heterocycles. The fourth-order valence-corrected chi connectivity index (χ4v) is 4.24. The van der Waals surface area contributed by atoms with Crippen molar-refractivity contribution in [3.05, 3.63) is 48.0 Å². The number of imide groups is 1. The van der Waals surface area contributed by atoms with E-state index in [9.17, 15) is 14.4 Å². The number of carbonyl (C=O) groups excluding carboxylic acids is 3. The van der Waals surface area contributed by atoms with Crippen LogP contribution < -0.4 is 15.4 Å². The lowest BCUT2D eigenvalue weighted by atomic mass is 9.88. The summed E-state index contributed by atoms with van der Waals surface area (Å²) in [6.45, 7) is 3.59. The first-order valence-corrected chi connectivity index (χ1v) is 10.9. The molecule has 4 amide bonds. The Morgan fingerprint density at radius 3 is 2.38 bits per heavy atom. The van der Waals surface area contributed by atoms with Gasteiger partial charge in [0.05, 0.1) is 7.11 Å². The Kier molecular flexibility index (Phi) is 7.17. The van der Waals surface area contributed by atoms with Crippen LogP contribution in [0.2, 0.25) is 0 Å². The van der Waals surface area contributed by atoms with Crippen molar-refractivity contribution in [3.8, 4) is 5.75 Å². The second-order valence-corrected chi connectivity index (χ2v) is 8.07. The van der Waals surface area contributed by atoms with Gasteiger partial charge in [0.1, 0.15) is 29.7 Å². The summed E-state index contributed by atoms with van der Waals surface area (Å²) in [5.41, 5.74) is -0.118. The van der Waals surface area contributed by atoms with Crippen molar-refractivity contribution in [2.45, 2.75) is 51.1 Å². The SMILES string of the molecule is CCCC1(CCC)NC(=O)N(CC(=O)NC(c2ccc(OC)cc2)c2nccn2C)C1=O. The molecular formula is C23H31N5O4. The number of imidazole rings is 1. The summed E-state index contributed by atoms with van der Waals surface area (Å²) in [5, 5.41) is 5.77. The van der Waals surface area contributed by atoms with Gasteiger partial charge in [0, 0.05) is 19.4 Å². The number of nitrogens with one attached hydrogen (secondary N) is 2. The van der Waals surface area contributed by atoms with E-state index < -0.39 is 23.5 Å². The number of hydrogen-bond donors (Lipinski definition) is 2. The van der Waals surface area contributed by atoms with E-state index >= 15 is 0 Å². The van der Waals surface area contributed by atoms with Gasteiger partial charge in [-0.15, -0.1) is 0 Å².